The predicted molar refractivity (Wildman–Crippen MR) is 90.1 cm³/mol. The van der Waals surface area contributed by atoms with Crippen LogP contribution in [-0.4, -0.2) is 13.4 Å². The van der Waals surface area contributed by atoms with Gasteiger partial charge in [-0.2, -0.15) is 0 Å². The Morgan fingerprint density at radius 2 is 1.91 bits per heavy atom. The van der Waals surface area contributed by atoms with E-state index in [1.807, 2.05) is 5.38 Å². The van der Waals surface area contributed by atoms with E-state index >= 15 is 0 Å². The van der Waals surface area contributed by atoms with Gasteiger partial charge in [-0.3, -0.25) is 4.72 Å². The number of nitrogens with zero attached hydrogens (tertiary/aromatic N) is 1. The molecule has 1 heterocycles. The zero-order chi connectivity index (χ0) is 16.1. The fraction of sp³-hybridized carbons (Fsp3) is 0.0625. The van der Waals surface area contributed by atoms with E-state index in [4.69, 9.17) is 4.74 Å². The molecule has 0 bridgehead atoms. The molecule has 3 rings (SSSR count). The Morgan fingerprint density at radius 3 is 2.65 bits per heavy atom. The molecule has 0 atom stereocenters. The number of sulfonamides is 1. The molecule has 0 radical (unpaired) electrons. The molecule has 0 fully saturated rings. The minimum atomic E-state index is -3.60. The fourth-order valence-electron chi connectivity index (χ4n) is 1.93. The molecule has 7 heteroatoms. The van der Waals surface area contributed by atoms with E-state index in [-0.39, 0.29) is 4.90 Å². The van der Waals surface area contributed by atoms with Crippen LogP contribution in [0.5, 0.6) is 5.75 Å². The van der Waals surface area contributed by atoms with Crippen molar-refractivity contribution in [3.8, 4) is 5.75 Å². The highest BCUT2D eigenvalue weighted by molar-refractivity contribution is 7.92. The van der Waals surface area contributed by atoms with E-state index < -0.39 is 10.0 Å². The molecule has 0 amide bonds. The molecule has 0 unspecified atom stereocenters. The van der Waals surface area contributed by atoms with Crippen molar-refractivity contribution in [3.63, 3.8) is 0 Å². The van der Waals surface area contributed by atoms with Crippen LogP contribution in [0.4, 0.5) is 5.69 Å². The Kier molecular flexibility index (Phi) is 4.59. The Bertz CT molecular complexity index is 863. The number of hydrogen-bond acceptors (Lipinski definition) is 5. The highest BCUT2D eigenvalue weighted by Crippen LogP contribution is 2.21. The van der Waals surface area contributed by atoms with Crippen molar-refractivity contribution < 1.29 is 13.2 Å². The van der Waals surface area contributed by atoms with Crippen LogP contribution in [0.1, 0.15) is 5.69 Å². The van der Waals surface area contributed by atoms with Crippen molar-refractivity contribution in [3.05, 3.63) is 71.2 Å². The molecule has 0 saturated carbocycles. The van der Waals surface area contributed by atoms with E-state index in [1.54, 1.807) is 60.1 Å². The summed E-state index contributed by atoms with van der Waals surface area (Å²) in [7, 11) is -3.60. The van der Waals surface area contributed by atoms with Gasteiger partial charge in [0.15, 0.2) is 0 Å². The third-order valence-corrected chi connectivity index (χ3v) is 5.04. The number of nitrogens with one attached hydrogen (secondary N) is 1. The van der Waals surface area contributed by atoms with Crippen LogP contribution in [0, 0.1) is 0 Å². The average Bonchev–Trinajstić information content (AvgIpc) is 3.07. The second-order valence-electron chi connectivity index (χ2n) is 4.71. The Labute approximate surface area is 138 Å². The summed E-state index contributed by atoms with van der Waals surface area (Å²) in [6.45, 7) is 0.346. The fourth-order valence-corrected chi connectivity index (χ4v) is 3.54. The summed E-state index contributed by atoms with van der Waals surface area (Å²) in [6, 6.07) is 15.1. The number of benzene rings is 2. The number of aromatic nitrogens is 1. The van der Waals surface area contributed by atoms with Gasteiger partial charge in [-0.1, -0.05) is 24.3 Å². The summed E-state index contributed by atoms with van der Waals surface area (Å²) < 4.78 is 32.8. The molecule has 1 aromatic heterocycles. The van der Waals surface area contributed by atoms with Crippen LogP contribution < -0.4 is 9.46 Å². The van der Waals surface area contributed by atoms with Crippen molar-refractivity contribution in [2.24, 2.45) is 0 Å². The van der Waals surface area contributed by atoms with E-state index in [1.165, 1.54) is 11.3 Å². The van der Waals surface area contributed by atoms with Crippen LogP contribution in [-0.2, 0) is 16.6 Å². The number of rotatable bonds is 6. The quantitative estimate of drug-likeness (QED) is 0.741. The lowest BCUT2D eigenvalue weighted by Gasteiger charge is -2.10. The van der Waals surface area contributed by atoms with Gasteiger partial charge < -0.3 is 4.74 Å². The van der Waals surface area contributed by atoms with Gasteiger partial charge in [-0.15, -0.1) is 11.3 Å². The summed E-state index contributed by atoms with van der Waals surface area (Å²) in [5, 5.41) is 1.90. The van der Waals surface area contributed by atoms with Crippen LogP contribution in [0.25, 0.3) is 0 Å². The lowest BCUT2D eigenvalue weighted by atomic mass is 10.3. The number of hydrogen-bond donors (Lipinski definition) is 1. The van der Waals surface area contributed by atoms with Crippen LogP contribution >= 0.6 is 11.3 Å². The molecular formula is C16H14N2O3S2. The molecule has 0 saturated heterocycles. The van der Waals surface area contributed by atoms with Gasteiger partial charge in [0.1, 0.15) is 12.4 Å². The van der Waals surface area contributed by atoms with Gasteiger partial charge in [-0.05, 0) is 24.3 Å². The largest absolute Gasteiger partial charge is 0.487 e. The Balaban J connectivity index is 1.72. The maximum Gasteiger partial charge on any atom is 0.261 e. The molecule has 5 nitrogen and oxygen atoms in total. The van der Waals surface area contributed by atoms with Crippen molar-refractivity contribution in [2.45, 2.75) is 11.5 Å². The summed E-state index contributed by atoms with van der Waals surface area (Å²) in [4.78, 5) is 4.35. The molecule has 23 heavy (non-hydrogen) atoms. The Hall–Kier alpha value is -2.38. The van der Waals surface area contributed by atoms with Crippen molar-refractivity contribution >= 4 is 27.0 Å². The van der Waals surface area contributed by atoms with E-state index in [2.05, 4.69) is 9.71 Å². The smallest absolute Gasteiger partial charge is 0.261 e. The SMILES string of the molecule is O=S(=O)(Nc1cccc(OCc2cscn2)c1)c1ccccc1. The molecular weight excluding hydrogens is 332 g/mol. The number of thiazole rings is 1. The van der Waals surface area contributed by atoms with Crippen molar-refractivity contribution in [1.82, 2.24) is 4.98 Å². The molecule has 0 aliphatic carbocycles. The monoisotopic (exact) mass is 346 g/mol. The first-order valence-electron chi connectivity index (χ1n) is 6.81. The van der Waals surface area contributed by atoms with Crippen LogP contribution in [0.15, 0.2) is 70.4 Å². The third kappa shape index (κ3) is 4.08. The van der Waals surface area contributed by atoms with Crippen LogP contribution in [0.2, 0.25) is 0 Å². The summed E-state index contributed by atoms with van der Waals surface area (Å²) in [5.74, 6) is 0.575. The number of ether oxygens (including phenoxy) is 1. The van der Waals surface area contributed by atoms with Gasteiger partial charge in [0.2, 0.25) is 0 Å². The van der Waals surface area contributed by atoms with Crippen molar-refractivity contribution in [2.75, 3.05) is 4.72 Å². The van der Waals surface area contributed by atoms with Gasteiger partial charge in [0.05, 0.1) is 21.8 Å². The number of anilines is 1. The summed E-state index contributed by atoms with van der Waals surface area (Å²) >= 11 is 1.50. The lowest BCUT2D eigenvalue weighted by molar-refractivity contribution is 0.302. The average molecular weight is 346 g/mol. The van der Waals surface area contributed by atoms with Crippen LogP contribution in [0.3, 0.4) is 0 Å². The highest BCUT2D eigenvalue weighted by Gasteiger charge is 2.13. The third-order valence-electron chi connectivity index (χ3n) is 3.01. The molecule has 0 spiro atoms. The standard InChI is InChI=1S/C16H14N2O3S2/c19-23(20,16-7-2-1-3-8-16)18-13-5-4-6-15(9-13)21-10-14-11-22-12-17-14/h1-9,11-12,18H,10H2. The zero-order valence-corrected chi connectivity index (χ0v) is 13.7. The van der Waals surface area contributed by atoms with Gasteiger partial charge >= 0.3 is 0 Å². The van der Waals surface area contributed by atoms with Gasteiger partial charge in [0, 0.05) is 11.4 Å². The topological polar surface area (TPSA) is 68.3 Å². The zero-order valence-electron chi connectivity index (χ0n) is 12.0. The van der Waals surface area contributed by atoms with Crippen molar-refractivity contribution in [1.29, 1.82) is 0 Å². The highest BCUT2D eigenvalue weighted by atomic mass is 32.2. The first-order valence-corrected chi connectivity index (χ1v) is 9.24. The molecule has 0 aliphatic rings. The lowest BCUT2D eigenvalue weighted by Crippen LogP contribution is -2.12. The molecule has 2 aromatic carbocycles. The summed E-state index contributed by atoms with van der Waals surface area (Å²) in [6.07, 6.45) is 0. The predicted octanol–water partition coefficient (Wildman–Crippen LogP) is 3.52. The summed E-state index contributed by atoms with van der Waals surface area (Å²) in [5.41, 5.74) is 3.03. The molecule has 118 valence electrons. The maximum absolute atomic E-state index is 12.3. The van der Waals surface area contributed by atoms with Gasteiger partial charge in [-0.25, -0.2) is 13.4 Å². The first kappa shape index (κ1) is 15.5. The van der Waals surface area contributed by atoms with Gasteiger partial charge in [0.25, 0.3) is 10.0 Å². The maximum atomic E-state index is 12.3. The van der Waals surface area contributed by atoms with E-state index in [0.717, 1.165) is 5.69 Å². The molecule has 0 aliphatic heterocycles. The van der Waals surface area contributed by atoms with E-state index in [0.29, 0.717) is 18.0 Å². The molecule has 3 aromatic rings. The minimum Gasteiger partial charge on any atom is -0.487 e. The Morgan fingerprint density at radius 1 is 1.09 bits per heavy atom. The second-order valence-corrected chi connectivity index (χ2v) is 7.12. The minimum absolute atomic E-state index is 0.216. The first-order chi connectivity index (χ1) is 11.1. The van der Waals surface area contributed by atoms with E-state index in [9.17, 15) is 8.42 Å². The normalized spacial score (nSPS) is 11.1. The second kappa shape index (κ2) is 6.80. The molecule has 1 N–H and O–H groups in total.